The summed E-state index contributed by atoms with van der Waals surface area (Å²) in [7, 11) is 0. The molecule has 1 N–H and O–H groups in total. The fourth-order valence-electron chi connectivity index (χ4n) is 0.708. The molecule has 0 radical (unpaired) electrons. The van der Waals surface area contributed by atoms with Crippen LogP contribution in [0.15, 0.2) is 17.3 Å². The highest BCUT2D eigenvalue weighted by Crippen LogP contribution is 2.16. The number of hydrogen-bond acceptors (Lipinski definition) is 2. The summed E-state index contributed by atoms with van der Waals surface area (Å²) in [5, 5.41) is 2.90. The first-order valence-corrected chi connectivity index (χ1v) is 3.24. The van der Waals surface area contributed by atoms with Crippen LogP contribution in [0.5, 0.6) is 0 Å². The summed E-state index contributed by atoms with van der Waals surface area (Å²) in [6.07, 6.45) is 6.80. The van der Waals surface area contributed by atoms with Crippen LogP contribution in [0.2, 0.25) is 0 Å². The van der Waals surface area contributed by atoms with Crippen LogP contribution in [0.3, 0.4) is 0 Å². The molecule has 0 bridgehead atoms. The second kappa shape index (κ2) is 2.21. The molecule has 1 rings (SSSR count). The van der Waals surface area contributed by atoms with Gasteiger partial charge in [0.05, 0.1) is 11.9 Å². The van der Waals surface area contributed by atoms with Gasteiger partial charge in [0.2, 0.25) is 0 Å². The highest BCUT2D eigenvalue weighted by atomic mass is 15.0. The van der Waals surface area contributed by atoms with Gasteiger partial charge in [0.1, 0.15) is 0 Å². The molecule has 0 saturated carbocycles. The topological polar surface area (TPSA) is 24.4 Å². The van der Waals surface area contributed by atoms with Gasteiger partial charge < -0.3 is 5.32 Å². The van der Waals surface area contributed by atoms with Crippen molar-refractivity contribution in [1.82, 2.24) is 5.32 Å². The second-order valence-corrected chi connectivity index (χ2v) is 2.47. The lowest BCUT2D eigenvalue weighted by Crippen LogP contribution is -2.24. The quantitative estimate of drug-likeness (QED) is 0.559. The Morgan fingerprint density at radius 3 is 2.78 bits per heavy atom. The van der Waals surface area contributed by atoms with Crippen molar-refractivity contribution in [3.63, 3.8) is 0 Å². The zero-order chi connectivity index (χ0) is 6.74. The first-order valence-electron chi connectivity index (χ1n) is 3.24. The molecular formula is C7H12N2. The smallest absolute Gasteiger partial charge is 0.0874 e. The van der Waals surface area contributed by atoms with Crippen LogP contribution in [0, 0.1) is 0 Å². The molecule has 1 aliphatic heterocycles. The van der Waals surface area contributed by atoms with Gasteiger partial charge in [-0.15, -0.1) is 0 Å². The lowest BCUT2D eigenvalue weighted by atomic mass is 10.00. The number of rotatable bonds is 1. The zero-order valence-electron chi connectivity index (χ0n) is 5.89. The monoisotopic (exact) mass is 124 g/mol. The van der Waals surface area contributed by atoms with Gasteiger partial charge in [-0.3, -0.25) is 4.99 Å². The number of aliphatic imine (C=N–C) groups is 1. The first-order chi connectivity index (χ1) is 4.27. The molecular weight excluding hydrogens is 112 g/mol. The van der Waals surface area contributed by atoms with Gasteiger partial charge in [-0.05, 0) is 19.4 Å². The Bertz CT molecular complexity index is 135. The maximum absolute atomic E-state index is 4.26. The molecule has 1 unspecified atom stereocenters. The summed E-state index contributed by atoms with van der Waals surface area (Å²) >= 11 is 0. The molecule has 0 amide bonds. The van der Waals surface area contributed by atoms with E-state index in [1.54, 1.807) is 6.34 Å². The van der Waals surface area contributed by atoms with E-state index in [9.17, 15) is 0 Å². The normalized spacial score (nSPS) is 32.2. The molecule has 2 heteroatoms. The van der Waals surface area contributed by atoms with Gasteiger partial charge in [0, 0.05) is 6.20 Å². The summed E-state index contributed by atoms with van der Waals surface area (Å²) in [5.41, 5.74) is 0.0469. The number of hydrogen-bond donors (Lipinski definition) is 1. The van der Waals surface area contributed by atoms with E-state index in [0.29, 0.717) is 0 Å². The Kier molecular flexibility index (Phi) is 1.56. The second-order valence-electron chi connectivity index (χ2n) is 2.47. The van der Waals surface area contributed by atoms with Crippen molar-refractivity contribution in [2.24, 2.45) is 4.99 Å². The predicted molar refractivity (Wildman–Crippen MR) is 39.5 cm³/mol. The van der Waals surface area contributed by atoms with Crippen LogP contribution >= 0.6 is 0 Å². The molecule has 9 heavy (non-hydrogen) atoms. The summed E-state index contributed by atoms with van der Waals surface area (Å²) in [5.74, 6) is 0. The molecule has 0 spiro atoms. The Morgan fingerprint density at radius 2 is 2.44 bits per heavy atom. The standard InChI is InChI=1S/C7H12N2/c1-3-7(2)4-5-8-6-9-7/h4-6H,3H2,1-2H3,(H,8,9). The molecule has 1 atom stereocenters. The van der Waals surface area contributed by atoms with Gasteiger partial charge in [-0.25, -0.2) is 0 Å². The molecule has 0 aromatic rings. The summed E-state index contributed by atoms with van der Waals surface area (Å²) < 4.78 is 0. The van der Waals surface area contributed by atoms with Gasteiger partial charge >= 0.3 is 0 Å². The van der Waals surface area contributed by atoms with E-state index >= 15 is 0 Å². The maximum Gasteiger partial charge on any atom is 0.0874 e. The fraction of sp³-hybridized carbons (Fsp3) is 0.571. The minimum Gasteiger partial charge on any atom is -0.353 e. The SMILES string of the molecule is CCC1(C)C=CNC=N1. The summed E-state index contributed by atoms with van der Waals surface area (Å²) in [6.45, 7) is 4.24. The average Bonchev–Trinajstić information content (AvgIpc) is 1.90. The molecule has 0 aromatic carbocycles. The lowest BCUT2D eigenvalue weighted by Gasteiger charge is -2.20. The number of nitrogens with one attached hydrogen (secondary N) is 1. The molecule has 1 heterocycles. The molecule has 0 aromatic heterocycles. The third kappa shape index (κ3) is 1.31. The third-order valence-electron chi connectivity index (χ3n) is 1.69. The molecule has 0 fully saturated rings. The third-order valence-corrected chi connectivity index (χ3v) is 1.69. The molecule has 50 valence electrons. The van der Waals surface area contributed by atoms with E-state index in [1.807, 2.05) is 6.20 Å². The van der Waals surface area contributed by atoms with Crippen LogP contribution in [0.1, 0.15) is 20.3 Å². The summed E-state index contributed by atoms with van der Waals surface area (Å²) in [6, 6.07) is 0. The lowest BCUT2D eigenvalue weighted by molar-refractivity contribution is 0.560. The van der Waals surface area contributed by atoms with Crippen LogP contribution in [0.25, 0.3) is 0 Å². The highest BCUT2D eigenvalue weighted by molar-refractivity contribution is 5.58. The van der Waals surface area contributed by atoms with Gasteiger partial charge in [0.25, 0.3) is 0 Å². The minimum absolute atomic E-state index is 0.0469. The molecule has 0 saturated heterocycles. The predicted octanol–water partition coefficient (Wildman–Crippen LogP) is 1.30. The van der Waals surface area contributed by atoms with E-state index in [4.69, 9.17) is 0 Å². The van der Waals surface area contributed by atoms with Crippen LogP contribution in [-0.2, 0) is 0 Å². The van der Waals surface area contributed by atoms with Gasteiger partial charge in [0.15, 0.2) is 0 Å². The van der Waals surface area contributed by atoms with E-state index in [0.717, 1.165) is 6.42 Å². The van der Waals surface area contributed by atoms with Crippen molar-refractivity contribution in [3.05, 3.63) is 12.3 Å². The van der Waals surface area contributed by atoms with Crippen LogP contribution in [0.4, 0.5) is 0 Å². The highest BCUT2D eigenvalue weighted by Gasteiger charge is 2.16. The molecule has 2 nitrogen and oxygen atoms in total. The van der Waals surface area contributed by atoms with E-state index in [1.165, 1.54) is 0 Å². The van der Waals surface area contributed by atoms with Crippen molar-refractivity contribution in [3.8, 4) is 0 Å². The first kappa shape index (κ1) is 6.33. The van der Waals surface area contributed by atoms with Gasteiger partial charge in [-0.2, -0.15) is 0 Å². The summed E-state index contributed by atoms with van der Waals surface area (Å²) in [4.78, 5) is 4.26. The van der Waals surface area contributed by atoms with E-state index in [2.05, 4.69) is 30.2 Å². The largest absolute Gasteiger partial charge is 0.353 e. The zero-order valence-corrected chi connectivity index (χ0v) is 5.89. The van der Waals surface area contributed by atoms with Crippen molar-refractivity contribution < 1.29 is 0 Å². The van der Waals surface area contributed by atoms with E-state index < -0.39 is 0 Å². The van der Waals surface area contributed by atoms with Crippen molar-refractivity contribution in [1.29, 1.82) is 0 Å². The van der Waals surface area contributed by atoms with Crippen molar-refractivity contribution in [2.45, 2.75) is 25.8 Å². The van der Waals surface area contributed by atoms with Crippen molar-refractivity contribution >= 4 is 6.34 Å². The van der Waals surface area contributed by atoms with E-state index in [-0.39, 0.29) is 5.54 Å². The fourth-order valence-corrected chi connectivity index (χ4v) is 0.708. The van der Waals surface area contributed by atoms with Gasteiger partial charge in [-0.1, -0.05) is 6.92 Å². The Morgan fingerprint density at radius 1 is 1.67 bits per heavy atom. The minimum atomic E-state index is 0.0469. The average molecular weight is 124 g/mol. The van der Waals surface area contributed by atoms with Crippen LogP contribution < -0.4 is 5.32 Å². The number of nitrogens with zero attached hydrogens (tertiary/aromatic N) is 1. The Labute approximate surface area is 55.7 Å². The van der Waals surface area contributed by atoms with Crippen LogP contribution in [-0.4, -0.2) is 11.9 Å². The Hall–Kier alpha value is -0.790. The van der Waals surface area contributed by atoms with Crippen molar-refractivity contribution in [2.75, 3.05) is 0 Å². The Balaban J connectivity index is 2.67. The molecule has 1 aliphatic rings. The maximum atomic E-state index is 4.26. The molecule has 0 aliphatic carbocycles.